The van der Waals surface area contributed by atoms with Crippen LogP contribution < -0.4 is 5.32 Å². The minimum absolute atomic E-state index is 0.216. The molecular weight excluding hydrogens is 270 g/mol. The van der Waals surface area contributed by atoms with E-state index in [9.17, 15) is 4.79 Å². The summed E-state index contributed by atoms with van der Waals surface area (Å²) in [5, 5.41) is 12.2. The third-order valence-electron chi connectivity index (χ3n) is 2.96. The molecule has 0 aliphatic heterocycles. The summed E-state index contributed by atoms with van der Waals surface area (Å²) >= 11 is 0. The van der Waals surface area contributed by atoms with Crippen molar-refractivity contribution in [3.05, 3.63) is 30.0 Å². The predicted molar refractivity (Wildman–Crippen MR) is 80.5 cm³/mol. The molecule has 6 nitrogen and oxygen atoms in total. The molecule has 1 aromatic heterocycles. The first-order valence-corrected chi connectivity index (χ1v) is 6.93. The van der Waals surface area contributed by atoms with Crippen LogP contribution in [0.3, 0.4) is 0 Å². The average molecular weight is 289 g/mol. The van der Waals surface area contributed by atoms with E-state index in [4.69, 9.17) is 9.47 Å². The molecule has 0 saturated carbocycles. The molecule has 0 radical (unpaired) electrons. The summed E-state index contributed by atoms with van der Waals surface area (Å²) in [6.45, 7) is 3.39. The maximum Gasteiger partial charge on any atom is 0.361 e. The van der Waals surface area contributed by atoms with Crippen LogP contribution in [0.5, 0.6) is 0 Å². The number of carbonyl (C=O) groups is 1. The zero-order chi connectivity index (χ0) is 15.1. The average Bonchev–Trinajstić information content (AvgIpc) is 2.51. The predicted octanol–water partition coefficient (Wildman–Crippen LogP) is 2.25. The molecule has 2 rings (SSSR count). The number of nitrogens with one attached hydrogen (secondary N) is 1. The Morgan fingerprint density at radius 2 is 2.10 bits per heavy atom. The smallest absolute Gasteiger partial charge is 0.361 e. The molecule has 1 heterocycles. The first-order chi connectivity index (χ1) is 10.3. The van der Waals surface area contributed by atoms with Gasteiger partial charge in [-0.15, -0.1) is 10.2 Å². The summed E-state index contributed by atoms with van der Waals surface area (Å²) in [5.74, 6) is -0.468. The van der Waals surface area contributed by atoms with Crippen molar-refractivity contribution in [2.75, 3.05) is 32.2 Å². The number of methoxy groups -OCH3 is 1. The number of hydrogen-bond acceptors (Lipinski definition) is 6. The summed E-state index contributed by atoms with van der Waals surface area (Å²) < 4.78 is 10.1. The molecule has 0 fully saturated rings. The zero-order valence-corrected chi connectivity index (χ0v) is 12.3. The summed E-state index contributed by atoms with van der Waals surface area (Å²) in [6.07, 6.45) is 0.829. The van der Waals surface area contributed by atoms with Crippen molar-refractivity contribution in [2.45, 2.75) is 13.3 Å². The molecule has 1 aromatic carbocycles. The maximum absolute atomic E-state index is 12.0. The Kier molecular flexibility index (Phi) is 5.45. The quantitative estimate of drug-likeness (QED) is 0.622. The lowest BCUT2D eigenvalue weighted by atomic mass is 10.1. The SMILES string of the molecule is CCOC(=O)c1nnc2ccccc2c1NCCCOC. The Hall–Kier alpha value is -2.21. The molecule has 112 valence electrons. The number of esters is 1. The molecule has 0 amide bonds. The van der Waals surface area contributed by atoms with Crippen LogP contribution in [0.15, 0.2) is 24.3 Å². The largest absolute Gasteiger partial charge is 0.461 e. The molecule has 1 N–H and O–H groups in total. The van der Waals surface area contributed by atoms with Gasteiger partial charge in [0.05, 0.1) is 17.8 Å². The highest BCUT2D eigenvalue weighted by atomic mass is 16.5. The van der Waals surface area contributed by atoms with Crippen molar-refractivity contribution in [1.82, 2.24) is 10.2 Å². The third kappa shape index (κ3) is 3.66. The van der Waals surface area contributed by atoms with Crippen LogP contribution in [0.4, 0.5) is 5.69 Å². The Balaban J connectivity index is 2.35. The maximum atomic E-state index is 12.0. The number of carbonyl (C=O) groups excluding carboxylic acids is 1. The van der Waals surface area contributed by atoms with Crippen molar-refractivity contribution in [3.63, 3.8) is 0 Å². The van der Waals surface area contributed by atoms with Crippen molar-refractivity contribution in [3.8, 4) is 0 Å². The number of rotatable bonds is 7. The highest BCUT2D eigenvalue weighted by Crippen LogP contribution is 2.24. The molecule has 0 saturated heterocycles. The fourth-order valence-corrected chi connectivity index (χ4v) is 2.00. The fourth-order valence-electron chi connectivity index (χ4n) is 2.00. The normalized spacial score (nSPS) is 10.6. The topological polar surface area (TPSA) is 73.3 Å². The Morgan fingerprint density at radius 1 is 1.29 bits per heavy atom. The second-order valence-corrected chi connectivity index (χ2v) is 4.43. The summed E-state index contributed by atoms with van der Waals surface area (Å²) in [5.41, 5.74) is 1.61. The van der Waals surface area contributed by atoms with Crippen molar-refractivity contribution < 1.29 is 14.3 Å². The van der Waals surface area contributed by atoms with E-state index < -0.39 is 5.97 Å². The molecule has 0 spiro atoms. The first-order valence-electron chi connectivity index (χ1n) is 6.93. The van der Waals surface area contributed by atoms with Crippen LogP contribution in [0.25, 0.3) is 10.9 Å². The van der Waals surface area contributed by atoms with Gasteiger partial charge >= 0.3 is 5.97 Å². The summed E-state index contributed by atoms with van der Waals surface area (Å²) in [4.78, 5) is 12.0. The standard InChI is InChI=1S/C15H19N3O3/c1-3-21-15(19)14-13(16-9-6-10-20-2)11-7-4-5-8-12(11)17-18-14/h4-5,7-8H,3,6,9-10H2,1-2H3,(H,16,17). The molecule has 6 heteroatoms. The van der Waals surface area contributed by atoms with Crippen LogP contribution in [-0.4, -0.2) is 43.0 Å². The highest BCUT2D eigenvalue weighted by Gasteiger charge is 2.18. The van der Waals surface area contributed by atoms with E-state index in [1.807, 2.05) is 24.3 Å². The number of ether oxygens (including phenoxy) is 2. The van der Waals surface area contributed by atoms with Crippen LogP contribution in [0.1, 0.15) is 23.8 Å². The van der Waals surface area contributed by atoms with Crippen LogP contribution >= 0.6 is 0 Å². The Bertz CT molecular complexity index is 616. The fraction of sp³-hybridized carbons (Fsp3) is 0.400. The Morgan fingerprint density at radius 3 is 2.86 bits per heavy atom. The monoisotopic (exact) mass is 289 g/mol. The number of hydrogen-bond donors (Lipinski definition) is 1. The number of fused-ring (bicyclic) bond motifs is 1. The number of anilines is 1. The van der Waals surface area contributed by atoms with Gasteiger partial charge in [-0.05, 0) is 19.4 Å². The molecule has 0 bridgehead atoms. The van der Waals surface area contributed by atoms with E-state index in [0.717, 1.165) is 17.3 Å². The van der Waals surface area contributed by atoms with Gasteiger partial charge in [0.2, 0.25) is 0 Å². The summed E-state index contributed by atoms with van der Waals surface area (Å²) in [6, 6.07) is 7.55. The zero-order valence-electron chi connectivity index (χ0n) is 12.3. The third-order valence-corrected chi connectivity index (χ3v) is 2.96. The van der Waals surface area contributed by atoms with Gasteiger partial charge in [0.25, 0.3) is 0 Å². The Labute approximate surface area is 123 Å². The highest BCUT2D eigenvalue weighted by molar-refractivity contribution is 6.03. The van der Waals surface area contributed by atoms with Gasteiger partial charge in [-0.1, -0.05) is 18.2 Å². The minimum Gasteiger partial charge on any atom is -0.461 e. The van der Waals surface area contributed by atoms with E-state index in [1.54, 1.807) is 14.0 Å². The van der Waals surface area contributed by atoms with Gasteiger partial charge in [-0.25, -0.2) is 4.79 Å². The van der Waals surface area contributed by atoms with Gasteiger partial charge in [0.15, 0.2) is 5.69 Å². The lowest BCUT2D eigenvalue weighted by Gasteiger charge is -2.12. The minimum atomic E-state index is -0.468. The molecule has 0 aliphatic carbocycles. The van der Waals surface area contributed by atoms with Crippen molar-refractivity contribution >= 4 is 22.6 Å². The molecule has 21 heavy (non-hydrogen) atoms. The number of aromatic nitrogens is 2. The van der Waals surface area contributed by atoms with Gasteiger partial charge < -0.3 is 14.8 Å². The number of benzene rings is 1. The van der Waals surface area contributed by atoms with E-state index >= 15 is 0 Å². The van der Waals surface area contributed by atoms with Crippen LogP contribution in [-0.2, 0) is 9.47 Å². The summed E-state index contributed by atoms with van der Waals surface area (Å²) in [7, 11) is 1.66. The number of nitrogens with zero attached hydrogens (tertiary/aromatic N) is 2. The van der Waals surface area contributed by atoms with E-state index in [2.05, 4.69) is 15.5 Å². The molecule has 0 atom stereocenters. The lowest BCUT2D eigenvalue weighted by Crippen LogP contribution is -2.14. The lowest BCUT2D eigenvalue weighted by molar-refractivity contribution is 0.0519. The van der Waals surface area contributed by atoms with Crippen molar-refractivity contribution in [1.29, 1.82) is 0 Å². The van der Waals surface area contributed by atoms with Crippen molar-refractivity contribution in [2.24, 2.45) is 0 Å². The van der Waals surface area contributed by atoms with Gasteiger partial charge in [-0.3, -0.25) is 0 Å². The molecule has 0 unspecified atom stereocenters. The van der Waals surface area contributed by atoms with Gasteiger partial charge in [-0.2, -0.15) is 0 Å². The van der Waals surface area contributed by atoms with Gasteiger partial charge in [0, 0.05) is 25.6 Å². The van der Waals surface area contributed by atoms with E-state index in [1.165, 1.54) is 0 Å². The molecule has 2 aromatic rings. The molecular formula is C15H19N3O3. The van der Waals surface area contributed by atoms with Crippen LogP contribution in [0, 0.1) is 0 Å². The first kappa shape index (κ1) is 15.2. The van der Waals surface area contributed by atoms with E-state index in [-0.39, 0.29) is 5.69 Å². The van der Waals surface area contributed by atoms with E-state index in [0.29, 0.717) is 25.4 Å². The second kappa shape index (κ2) is 7.54. The molecule has 0 aliphatic rings. The second-order valence-electron chi connectivity index (χ2n) is 4.43. The van der Waals surface area contributed by atoms with Crippen LogP contribution in [0.2, 0.25) is 0 Å². The van der Waals surface area contributed by atoms with Gasteiger partial charge in [0.1, 0.15) is 0 Å².